The van der Waals surface area contributed by atoms with Gasteiger partial charge in [-0.15, -0.1) is 22.0 Å². The molecule has 7 nitrogen and oxygen atoms in total. The lowest BCUT2D eigenvalue weighted by Crippen LogP contribution is -2.42. The van der Waals surface area contributed by atoms with Crippen LogP contribution in [0, 0.1) is 0 Å². The van der Waals surface area contributed by atoms with Gasteiger partial charge in [0.15, 0.2) is 5.69 Å². The van der Waals surface area contributed by atoms with E-state index >= 15 is 0 Å². The fourth-order valence-corrected chi connectivity index (χ4v) is 3.47. The van der Waals surface area contributed by atoms with Crippen LogP contribution in [-0.2, 0) is 17.9 Å². The second-order valence-electron chi connectivity index (χ2n) is 4.89. The molecule has 9 heteroatoms. The van der Waals surface area contributed by atoms with E-state index in [2.05, 4.69) is 22.2 Å². The summed E-state index contributed by atoms with van der Waals surface area (Å²) in [5.74, 6) is 1.21. The van der Waals surface area contributed by atoms with Gasteiger partial charge < -0.3 is 9.84 Å². The molecule has 0 aliphatic rings. The monoisotopic (exact) mass is 381 g/mol. The van der Waals surface area contributed by atoms with E-state index in [1.165, 1.54) is 7.11 Å². The molecule has 2 heterocycles. The summed E-state index contributed by atoms with van der Waals surface area (Å²) < 4.78 is 6.58. The number of carbonyl (C=O) groups is 1. The Labute approximate surface area is 155 Å². The normalized spacial score (nSPS) is 10.7. The fourth-order valence-electron chi connectivity index (χ4n) is 2.14. The van der Waals surface area contributed by atoms with Crippen LogP contribution in [0.2, 0.25) is 0 Å². The quantitative estimate of drug-likeness (QED) is 0.420. The molecule has 0 spiro atoms. The third-order valence-electron chi connectivity index (χ3n) is 3.22. The van der Waals surface area contributed by atoms with Crippen LogP contribution in [0.1, 0.15) is 35.6 Å². The number of hydrogen-bond acceptors (Lipinski definition) is 8. The van der Waals surface area contributed by atoms with Gasteiger partial charge in [0.25, 0.3) is 5.03 Å². The molecular weight excluding hydrogens is 360 g/mol. The second kappa shape index (κ2) is 9.69. The van der Waals surface area contributed by atoms with Gasteiger partial charge in [0.1, 0.15) is 10.7 Å². The molecule has 0 aliphatic carbocycles. The molecule has 1 N–H and O–H groups in total. The summed E-state index contributed by atoms with van der Waals surface area (Å²) in [6.45, 7) is 4.27. The van der Waals surface area contributed by atoms with Crippen LogP contribution in [-0.4, -0.2) is 45.0 Å². The van der Waals surface area contributed by atoms with E-state index in [9.17, 15) is 9.90 Å². The number of aliphatic hydroxyl groups excluding tert-OH is 1. The molecule has 2 aromatic heterocycles. The number of rotatable bonds is 8. The van der Waals surface area contributed by atoms with Gasteiger partial charge in [-0.05, 0) is 23.0 Å². The van der Waals surface area contributed by atoms with E-state index in [1.54, 1.807) is 34.3 Å². The fraction of sp³-hybridized carbons (Fsp3) is 0.438. The highest BCUT2D eigenvalue weighted by atomic mass is 32.2. The van der Waals surface area contributed by atoms with Crippen molar-refractivity contribution in [3.8, 4) is 0 Å². The summed E-state index contributed by atoms with van der Waals surface area (Å²) in [6.07, 6.45) is 0. The number of ether oxygens (including phenoxy) is 1. The molecule has 0 aliphatic heterocycles. The molecule has 2 aromatic rings. The molecule has 0 bridgehead atoms. The van der Waals surface area contributed by atoms with Crippen LogP contribution < -0.4 is 4.68 Å². The topological polar surface area (TPSA) is 89.1 Å². The minimum Gasteiger partial charge on any atom is -0.464 e. The lowest BCUT2D eigenvalue weighted by molar-refractivity contribution is -0.781. The van der Waals surface area contributed by atoms with Crippen molar-refractivity contribution >= 4 is 29.5 Å². The first kappa shape index (κ1) is 19.6. The smallest absolute Gasteiger partial charge is 0.359 e. The number of carbonyl (C=O) groups excluding carboxylic acids is 1. The van der Waals surface area contributed by atoms with Gasteiger partial charge in [0, 0.05) is 11.8 Å². The molecule has 0 atom stereocenters. The Morgan fingerprint density at radius 1 is 1.24 bits per heavy atom. The molecule has 2 rings (SSSR count). The molecule has 0 saturated carbocycles. The van der Waals surface area contributed by atoms with Crippen molar-refractivity contribution in [3.05, 3.63) is 35.2 Å². The number of thioether (sulfide) groups is 2. The predicted octanol–water partition coefficient (Wildman–Crippen LogP) is 1.71. The summed E-state index contributed by atoms with van der Waals surface area (Å²) in [5.41, 5.74) is 1.42. The van der Waals surface area contributed by atoms with E-state index in [-0.39, 0.29) is 12.3 Å². The Kier molecular flexibility index (Phi) is 7.60. The van der Waals surface area contributed by atoms with Gasteiger partial charge in [-0.3, -0.25) is 0 Å². The molecule has 0 unspecified atom stereocenters. The van der Waals surface area contributed by atoms with Crippen molar-refractivity contribution in [1.29, 1.82) is 0 Å². The average Bonchev–Trinajstić information content (AvgIpc) is 2.63. The van der Waals surface area contributed by atoms with E-state index in [1.807, 2.05) is 19.1 Å². The number of aliphatic hydroxyl groups is 1. The Hall–Kier alpha value is -1.71. The zero-order chi connectivity index (χ0) is 18.2. The first-order valence-electron chi connectivity index (χ1n) is 7.84. The Morgan fingerprint density at radius 2 is 2.00 bits per heavy atom. The summed E-state index contributed by atoms with van der Waals surface area (Å²) >= 11 is 3.19. The second-order valence-corrected chi connectivity index (χ2v) is 7.46. The van der Waals surface area contributed by atoms with Crippen LogP contribution >= 0.6 is 23.5 Å². The van der Waals surface area contributed by atoms with E-state index in [0.29, 0.717) is 17.8 Å². The minimum atomic E-state index is -0.529. The van der Waals surface area contributed by atoms with Crippen molar-refractivity contribution in [2.24, 2.45) is 0 Å². The van der Waals surface area contributed by atoms with Crippen molar-refractivity contribution in [3.63, 3.8) is 0 Å². The minimum absolute atomic E-state index is 0.146. The highest BCUT2D eigenvalue weighted by Gasteiger charge is 2.22. The van der Waals surface area contributed by atoms with Crippen molar-refractivity contribution in [1.82, 2.24) is 15.3 Å². The average molecular weight is 382 g/mol. The van der Waals surface area contributed by atoms with Crippen molar-refractivity contribution in [2.75, 3.05) is 18.6 Å². The van der Waals surface area contributed by atoms with E-state index in [0.717, 1.165) is 21.6 Å². The first-order chi connectivity index (χ1) is 12.1. The maximum atomic E-state index is 12.0. The zero-order valence-electron chi connectivity index (χ0n) is 14.4. The highest BCUT2D eigenvalue weighted by molar-refractivity contribution is 7.99. The molecule has 0 aromatic carbocycles. The number of methoxy groups -OCH3 is 1. The van der Waals surface area contributed by atoms with Crippen LogP contribution in [0.5, 0.6) is 0 Å². The van der Waals surface area contributed by atoms with Crippen LogP contribution in [0.25, 0.3) is 0 Å². The zero-order valence-corrected chi connectivity index (χ0v) is 16.1. The molecule has 134 valence electrons. The molecule has 0 saturated heterocycles. The predicted molar refractivity (Wildman–Crippen MR) is 95.6 cm³/mol. The van der Waals surface area contributed by atoms with Gasteiger partial charge in [-0.25, -0.2) is 4.79 Å². The SMILES string of the molecule is CCSc1cc(C[n+]2nc(CO)ccc2SCC)c(C(=O)OC)nn1. The van der Waals surface area contributed by atoms with Crippen LogP contribution in [0.3, 0.4) is 0 Å². The Balaban J connectivity index is 2.46. The maximum Gasteiger partial charge on any atom is 0.359 e. The summed E-state index contributed by atoms with van der Waals surface area (Å²) in [6, 6.07) is 5.55. The third-order valence-corrected chi connectivity index (χ3v) is 4.93. The van der Waals surface area contributed by atoms with Gasteiger partial charge in [-0.1, -0.05) is 30.3 Å². The van der Waals surface area contributed by atoms with Gasteiger partial charge in [0.2, 0.25) is 6.54 Å². The molecule has 0 radical (unpaired) electrons. The van der Waals surface area contributed by atoms with Crippen LogP contribution in [0.4, 0.5) is 0 Å². The standard InChI is InChI=1S/C16H21N4O3S2/c1-4-24-13-8-11(15(18-17-13)16(22)23-3)9-20-14(25-5-2)7-6-12(10-21)19-20/h6-8,21H,4-5,9-10H2,1-3H3/q+1. The lowest BCUT2D eigenvalue weighted by Gasteiger charge is -2.07. The van der Waals surface area contributed by atoms with E-state index < -0.39 is 5.97 Å². The summed E-state index contributed by atoms with van der Waals surface area (Å²) in [5, 5.41) is 23.6. The maximum absolute atomic E-state index is 12.0. The number of nitrogens with zero attached hydrogens (tertiary/aromatic N) is 4. The Morgan fingerprint density at radius 3 is 2.64 bits per heavy atom. The molecule has 0 fully saturated rings. The lowest BCUT2D eigenvalue weighted by atomic mass is 10.2. The van der Waals surface area contributed by atoms with Gasteiger partial charge in [-0.2, -0.15) is 0 Å². The largest absolute Gasteiger partial charge is 0.464 e. The third kappa shape index (κ3) is 5.13. The van der Waals surface area contributed by atoms with Crippen LogP contribution in [0.15, 0.2) is 28.3 Å². The van der Waals surface area contributed by atoms with E-state index in [4.69, 9.17) is 4.74 Å². The van der Waals surface area contributed by atoms with Gasteiger partial charge in [0.05, 0.1) is 19.3 Å². The summed E-state index contributed by atoms with van der Waals surface area (Å²) in [7, 11) is 1.32. The molecule has 25 heavy (non-hydrogen) atoms. The highest BCUT2D eigenvalue weighted by Crippen LogP contribution is 2.19. The molecule has 0 amide bonds. The summed E-state index contributed by atoms with van der Waals surface area (Å²) in [4.78, 5) is 12.0. The Bertz CT molecular complexity index is 743. The van der Waals surface area contributed by atoms with Crippen molar-refractivity contribution in [2.45, 2.75) is 37.1 Å². The number of hydrogen-bond donors (Lipinski definition) is 1. The van der Waals surface area contributed by atoms with Gasteiger partial charge >= 0.3 is 5.97 Å². The number of esters is 1. The molecular formula is C16H21N4O3S2+. The van der Waals surface area contributed by atoms with Crippen molar-refractivity contribution < 1.29 is 19.3 Å². The first-order valence-corrected chi connectivity index (χ1v) is 9.81. The number of aromatic nitrogens is 4.